The van der Waals surface area contributed by atoms with Gasteiger partial charge in [0.25, 0.3) is 0 Å². The Bertz CT molecular complexity index is 617. The number of aliphatic imine (C=N–C) groups is 1. The van der Waals surface area contributed by atoms with Gasteiger partial charge in [-0.05, 0) is 39.8 Å². The van der Waals surface area contributed by atoms with Crippen molar-refractivity contribution < 1.29 is 4.42 Å². The third kappa shape index (κ3) is 4.87. The number of aryl methyl sites for hydroxylation is 2. The number of guanidine groups is 1. The molecular formula is C16H24N4OS. The number of hydrogen-bond acceptors (Lipinski definition) is 4. The summed E-state index contributed by atoms with van der Waals surface area (Å²) in [6.45, 7) is 9.69. The fraction of sp³-hybridized carbons (Fsp3) is 0.500. The summed E-state index contributed by atoms with van der Waals surface area (Å²) in [7, 11) is 0. The molecular weight excluding hydrogens is 296 g/mol. The van der Waals surface area contributed by atoms with Crippen molar-refractivity contribution in [3.05, 3.63) is 39.7 Å². The van der Waals surface area contributed by atoms with Crippen molar-refractivity contribution in [2.45, 2.75) is 40.2 Å². The molecule has 22 heavy (non-hydrogen) atoms. The molecule has 0 bridgehead atoms. The summed E-state index contributed by atoms with van der Waals surface area (Å²) in [5.41, 5.74) is 0. The zero-order chi connectivity index (χ0) is 15.9. The Morgan fingerprint density at radius 3 is 2.82 bits per heavy atom. The molecule has 0 aliphatic heterocycles. The zero-order valence-electron chi connectivity index (χ0n) is 13.6. The summed E-state index contributed by atoms with van der Waals surface area (Å²) in [5.74, 6) is 2.64. The average Bonchev–Trinajstić information content (AvgIpc) is 3.08. The molecule has 2 N–H and O–H groups in total. The lowest BCUT2D eigenvalue weighted by molar-refractivity contribution is 0.441. The first-order valence-electron chi connectivity index (χ1n) is 7.61. The Hall–Kier alpha value is -1.82. The van der Waals surface area contributed by atoms with Gasteiger partial charge in [-0.1, -0.05) is 0 Å². The summed E-state index contributed by atoms with van der Waals surface area (Å²) < 4.78 is 5.65. The quantitative estimate of drug-likeness (QED) is 0.634. The van der Waals surface area contributed by atoms with E-state index in [1.54, 1.807) is 11.3 Å². The van der Waals surface area contributed by atoms with Crippen molar-refractivity contribution in [2.24, 2.45) is 4.99 Å². The van der Waals surface area contributed by atoms with Crippen LogP contribution in [0.1, 0.15) is 41.3 Å². The van der Waals surface area contributed by atoms with Gasteiger partial charge in [0.1, 0.15) is 11.5 Å². The van der Waals surface area contributed by atoms with E-state index in [0.717, 1.165) is 35.5 Å². The van der Waals surface area contributed by atoms with Gasteiger partial charge in [0.2, 0.25) is 0 Å². The highest BCUT2D eigenvalue weighted by Gasteiger charge is 2.11. The molecule has 0 aliphatic rings. The topological polar surface area (TPSA) is 62.5 Å². The van der Waals surface area contributed by atoms with Crippen LogP contribution < -0.4 is 10.6 Å². The molecule has 1 atom stereocenters. The van der Waals surface area contributed by atoms with E-state index >= 15 is 0 Å². The molecule has 0 amide bonds. The highest BCUT2D eigenvalue weighted by atomic mass is 32.1. The van der Waals surface area contributed by atoms with Crippen LogP contribution in [0.2, 0.25) is 0 Å². The molecule has 0 radical (unpaired) electrons. The summed E-state index contributed by atoms with van der Waals surface area (Å²) in [6.07, 6.45) is 2.78. The number of thiazole rings is 1. The van der Waals surface area contributed by atoms with Crippen molar-refractivity contribution in [3.8, 4) is 0 Å². The Kier molecular flexibility index (Phi) is 6.00. The summed E-state index contributed by atoms with van der Waals surface area (Å²) in [4.78, 5) is 10.2. The molecule has 0 aromatic carbocycles. The van der Waals surface area contributed by atoms with E-state index in [1.165, 1.54) is 4.88 Å². The SMILES string of the molecule is CCNC(=NCCc1ncc(C)s1)NC(C)c1ccc(C)o1. The maximum absolute atomic E-state index is 5.65. The van der Waals surface area contributed by atoms with Gasteiger partial charge in [0.15, 0.2) is 5.96 Å². The fourth-order valence-electron chi connectivity index (χ4n) is 2.06. The van der Waals surface area contributed by atoms with Crippen molar-refractivity contribution >= 4 is 17.3 Å². The summed E-state index contributed by atoms with van der Waals surface area (Å²) >= 11 is 1.73. The molecule has 0 aliphatic carbocycles. The third-order valence-electron chi connectivity index (χ3n) is 3.15. The molecule has 0 saturated carbocycles. The van der Waals surface area contributed by atoms with Crippen LogP contribution in [0.4, 0.5) is 0 Å². The van der Waals surface area contributed by atoms with Crippen LogP contribution >= 0.6 is 11.3 Å². The summed E-state index contributed by atoms with van der Waals surface area (Å²) in [6, 6.07) is 4.05. The Morgan fingerprint density at radius 2 is 2.23 bits per heavy atom. The highest BCUT2D eigenvalue weighted by Crippen LogP contribution is 2.15. The molecule has 5 nitrogen and oxygen atoms in total. The first-order chi connectivity index (χ1) is 10.6. The van der Waals surface area contributed by atoms with Crippen molar-refractivity contribution in [2.75, 3.05) is 13.1 Å². The number of furan rings is 1. The van der Waals surface area contributed by atoms with E-state index < -0.39 is 0 Å². The van der Waals surface area contributed by atoms with Gasteiger partial charge in [-0.2, -0.15) is 0 Å². The van der Waals surface area contributed by atoms with Crippen LogP contribution in [-0.2, 0) is 6.42 Å². The van der Waals surface area contributed by atoms with Crippen molar-refractivity contribution in [3.63, 3.8) is 0 Å². The molecule has 1 unspecified atom stereocenters. The minimum absolute atomic E-state index is 0.0774. The van der Waals surface area contributed by atoms with E-state index in [2.05, 4.69) is 41.4 Å². The van der Waals surface area contributed by atoms with Crippen LogP contribution in [0, 0.1) is 13.8 Å². The van der Waals surface area contributed by atoms with Gasteiger partial charge < -0.3 is 15.1 Å². The maximum atomic E-state index is 5.65. The van der Waals surface area contributed by atoms with Crippen LogP contribution in [0.5, 0.6) is 0 Å². The second-order valence-corrected chi connectivity index (χ2v) is 6.51. The second-order valence-electron chi connectivity index (χ2n) is 5.19. The first kappa shape index (κ1) is 16.5. The molecule has 0 fully saturated rings. The van der Waals surface area contributed by atoms with Gasteiger partial charge in [0.05, 0.1) is 11.0 Å². The Balaban J connectivity index is 1.91. The average molecular weight is 320 g/mol. The number of rotatable bonds is 6. The predicted molar refractivity (Wildman–Crippen MR) is 91.5 cm³/mol. The minimum atomic E-state index is 0.0774. The monoisotopic (exact) mass is 320 g/mol. The normalized spacial score (nSPS) is 13.2. The lowest BCUT2D eigenvalue weighted by atomic mass is 10.2. The lowest BCUT2D eigenvalue weighted by Gasteiger charge is -2.16. The highest BCUT2D eigenvalue weighted by molar-refractivity contribution is 7.11. The largest absolute Gasteiger partial charge is 0.464 e. The zero-order valence-corrected chi connectivity index (χ0v) is 14.5. The van der Waals surface area contributed by atoms with Gasteiger partial charge >= 0.3 is 0 Å². The predicted octanol–water partition coefficient (Wildman–Crippen LogP) is 3.21. The molecule has 2 rings (SSSR count). The molecule has 2 aromatic rings. The third-order valence-corrected chi connectivity index (χ3v) is 4.12. The first-order valence-corrected chi connectivity index (χ1v) is 8.42. The minimum Gasteiger partial charge on any atom is -0.464 e. The summed E-state index contributed by atoms with van der Waals surface area (Å²) in [5, 5.41) is 7.76. The van der Waals surface area contributed by atoms with Crippen LogP contribution in [-0.4, -0.2) is 24.0 Å². The van der Waals surface area contributed by atoms with Crippen LogP contribution in [0.3, 0.4) is 0 Å². The van der Waals surface area contributed by atoms with Crippen LogP contribution in [0.25, 0.3) is 0 Å². The van der Waals surface area contributed by atoms with Gasteiger partial charge in [-0.15, -0.1) is 11.3 Å². The number of hydrogen-bond donors (Lipinski definition) is 2. The molecule has 2 aromatic heterocycles. The molecule has 120 valence electrons. The molecule has 6 heteroatoms. The van der Waals surface area contributed by atoms with Crippen LogP contribution in [0.15, 0.2) is 27.7 Å². The van der Waals surface area contributed by atoms with Gasteiger partial charge in [-0.25, -0.2) is 4.98 Å². The molecule has 0 saturated heterocycles. The number of nitrogens with one attached hydrogen (secondary N) is 2. The van der Waals surface area contributed by atoms with E-state index in [1.807, 2.05) is 25.3 Å². The van der Waals surface area contributed by atoms with E-state index in [9.17, 15) is 0 Å². The van der Waals surface area contributed by atoms with Gasteiger partial charge in [0, 0.05) is 30.6 Å². The molecule has 2 heterocycles. The number of aromatic nitrogens is 1. The van der Waals surface area contributed by atoms with E-state index in [0.29, 0.717) is 6.54 Å². The van der Waals surface area contributed by atoms with Crippen molar-refractivity contribution in [1.29, 1.82) is 0 Å². The smallest absolute Gasteiger partial charge is 0.191 e. The van der Waals surface area contributed by atoms with E-state index in [-0.39, 0.29) is 6.04 Å². The fourth-order valence-corrected chi connectivity index (χ4v) is 2.84. The molecule has 0 spiro atoms. The Labute approximate surface area is 135 Å². The number of nitrogens with zero attached hydrogens (tertiary/aromatic N) is 2. The van der Waals surface area contributed by atoms with E-state index in [4.69, 9.17) is 4.42 Å². The van der Waals surface area contributed by atoms with Gasteiger partial charge in [-0.3, -0.25) is 4.99 Å². The second kappa shape index (κ2) is 7.98. The lowest BCUT2D eigenvalue weighted by Crippen LogP contribution is -2.38. The maximum Gasteiger partial charge on any atom is 0.191 e. The van der Waals surface area contributed by atoms with Crippen molar-refractivity contribution in [1.82, 2.24) is 15.6 Å². The standard InChI is InChI=1S/C16H24N4OS/c1-5-17-16(18-9-8-15-19-10-12(3)22-15)20-13(4)14-7-6-11(2)21-14/h6-7,10,13H,5,8-9H2,1-4H3,(H2,17,18,20). The Morgan fingerprint density at radius 1 is 1.41 bits per heavy atom.